The molecule has 10 heteroatoms. The van der Waals surface area contributed by atoms with Gasteiger partial charge in [0.25, 0.3) is 0 Å². The average Bonchev–Trinajstić information content (AvgIpc) is 3.20. The normalized spacial score (nSPS) is 13.8. The van der Waals surface area contributed by atoms with Crippen LogP contribution in [0.5, 0.6) is 11.5 Å². The number of nitrogens with one attached hydrogen (secondary N) is 1. The van der Waals surface area contributed by atoms with Gasteiger partial charge in [-0.1, -0.05) is 24.3 Å². The Labute approximate surface area is 202 Å². The van der Waals surface area contributed by atoms with E-state index in [0.29, 0.717) is 11.3 Å². The number of halogens is 1. The van der Waals surface area contributed by atoms with E-state index >= 15 is 0 Å². The number of anilines is 1. The molecule has 0 saturated carbocycles. The third-order valence-corrected chi connectivity index (χ3v) is 6.86. The molecule has 0 atom stereocenters. The van der Waals surface area contributed by atoms with Crippen molar-refractivity contribution < 1.29 is 31.9 Å². The number of rotatable bonds is 9. The van der Waals surface area contributed by atoms with Crippen LogP contribution < -0.4 is 19.1 Å². The summed E-state index contributed by atoms with van der Waals surface area (Å²) in [6.07, 6.45) is 0.141. The molecule has 0 aromatic heterocycles. The van der Waals surface area contributed by atoms with Crippen LogP contribution in [0.3, 0.4) is 0 Å². The van der Waals surface area contributed by atoms with Crippen molar-refractivity contribution in [3.63, 3.8) is 0 Å². The van der Waals surface area contributed by atoms with Crippen LogP contribution in [0, 0.1) is 5.82 Å². The van der Waals surface area contributed by atoms with E-state index in [0.717, 1.165) is 10.5 Å². The first kappa shape index (κ1) is 24.4. The van der Waals surface area contributed by atoms with Crippen molar-refractivity contribution in [2.24, 2.45) is 0 Å². The van der Waals surface area contributed by atoms with Crippen molar-refractivity contribution in [3.05, 3.63) is 83.7 Å². The number of methoxy groups -OCH3 is 1. The van der Waals surface area contributed by atoms with Crippen molar-refractivity contribution in [1.82, 2.24) is 4.72 Å². The van der Waals surface area contributed by atoms with Crippen LogP contribution in [0.2, 0.25) is 0 Å². The zero-order chi connectivity index (χ0) is 25.0. The Balaban J connectivity index is 1.42. The Morgan fingerprint density at radius 1 is 0.914 bits per heavy atom. The molecule has 4 rings (SSSR count). The van der Waals surface area contributed by atoms with Gasteiger partial charge in [0.2, 0.25) is 21.8 Å². The number of carbonyl (C=O) groups is 2. The van der Waals surface area contributed by atoms with Gasteiger partial charge in [0, 0.05) is 19.4 Å². The summed E-state index contributed by atoms with van der Waals surface area (Å²) in [7, 11) is -2.57. The number of hydrogen-bond acceptors (Lipinski definition) is 6. The van der Waals surface area contributed by atoms with Crippen molar-refractivity contribution in [3.8, 4) is 11.5 Å². The highest BCUT2D eigenvalue weighted by molar-refractivity contribution is 7.89. The molecule has 0 bridgehead atoms. The summed E-state index contributed by atoms with van der Waals surface area (Å²) in [5.41, 5.74) is 1.62. The van der Waals surface area contributed by atoms with Crippen LogP contribution in [-0.2, 0) is 32.8 Å². The molecule has 2 amide bonds. The molecular formula is C25H23FN2O6S. The highest BCUT2D eigenvalue weighted by Crippen LogP contribution is 2.34. The molecule has 0 radical (unpaired) electrons. The van der Waals surface area contributed by atoms with Crippen LogP contribution in [0.15, 0.2) is 71.6 Å². The first-order chi connectivity index (χ1) is 16.8. The summed E-state index contributed by atoms with van der Waals surface area (Å²) in [5.74, 6) is -0.316. The minimum absolute atomic E-state index is 0.0174. The number of sulfonamides is 1. The number of imide groups is 1. The molecule has 0 unspecified atom stereocenters. The number of nitrogens with zero attached hydrogens (tertiary/aromatic N) is 1. The smallest absolute Gasteiger partial charge is 0.240 e. The number of amides is 2. The quantitative estimate of drug-likeness (QED) is 0.453. The summed E-state index contributed by atoms with van der Waals surface area (Å²) in [6.45, 7) is 0.289. The number of benzene rings is 3. The summed E-state index contributed by atoms with van der Waals surface area (Å²) in [6, 6.07) is 16.9. The topological polar surface area (TPSA) is 102 Å². The zero-order valence-corrected chi connectivity index (χ0v) is 19.7. The lowest BCUT2D eigenvalue weighted by Gasteiger charge is -2.18. The van der Waals surface area contributed by atoms with Crippen LogP contribution in [-0.4, -0.2) is 27.3 Å². The molecule has 1 N–H and O–H groups in total. The molecule has 3 aromatic carbocycles. The summed E-state index contributed by atoms with van der Waals surface area (Å²) >= 11 is 0. The molecule has 0 aliphatic carbocycles. The average molecular weight is 499 g/mol. The lowest BCUT2D eigenvalue weighted by atomic mass is 10.2. The fraction of sp³-hybridized carbons (Fsp3) is 0.200. The Hall–Kier alpha value is -3.76. The summed E-state index contributed by atoms with van der Waals surface area (Å²) in [4.78, 5) is 25.2. The maximum Gasteiger partial charge on any atom is 0.240 e. The number of carbonyl (C=O) groups excluding carboxylic acids is 2. The Kier molecular flexibility index (Phi) is 7.13. The SMILES string of the molecule is COc1ccc(S(=O)(=O)NCc2ccc(OCc3ccc(F)cc3)cc2)cc1N1C(=O)CCC1=O. The Morgan fingerprint density at radius 3 is 2.17 bits per heavy atom. The minimum atomic E-state index is -3.95. The zero-order valence-electron chi connectivity index (χ0n) is 18.9. The second kappa shape index (κ2) is 10.2. The van der Waals surface area contributed by atoms with E-state index in [4.69, 9.17) is 9.47 Å². The van der Waals surface area contributed by atoms with Crippen molar-refractivity contribution in [1.29, 1.82) is 0 Å². The van der Waals surface area contributed by atoms with Gasteiger partial charge in [0.15, 0.2) is 0 Å². The predicted octanol–water partition coefficient (Wildman–Crippen LogP) is 3.55. The lowest BCUT2D eigenvalue weighted by Crippen LogP contribution is -2.29. The van der Waals surface area contributed by atoms with Crippen molar-refractivity contribution in [2.75, 3.05) is 12.0 Å². The molecule has 1 aliphatic rings. The van der Waals surface area contributed by atoms with E-state index in [2.05, 4.69) is 4.72 Å². The maximum atomic E-state index is 13.0. The van der Waals surface area contributed by atoms with Gasteiger partial charge >= 0.3 is 0 Å². The second-order valence-corrected chi connectivity index (χ2v) is 9.61. The summed E-state index contributed by atoms with van der Waals surface area (Å²) < 4.78 is 52.2. The molecule has 1 saturated heterocycles. The molecule has 1 aliphatic heterocycles. The van der Waals surface area contributed by atoms with Gasteiger partial charge in [-0.3, -0.25) is 9.59 Å². The third kappa shape index (κ3) is 5.67. The van der Waals surface area contributed by atoms with Crippen LogP contribution in [0.25, 0.3) is 0 Å². The molecule has 0 spiro atoms. The van der Waals surface area contributed by atoms with Gasteiger partial charge in [-0.15, -0.1) is 0 Å². The van der Waals surface area contributed by atoms with Gasteiger partial charge in [-0.2, -0.15) is 0 Å². The molecule has 8 nitrogen and oxygen atoms in total. The fourth-order valence-corrected chi connectivity index (χ4v) is 4.61. The van der Waals surface area contributed by atoms with Gasteiger partial charge in [0.1, 0.15) is 23.9 Å². The predicted molar refractivity (Wildman–Crippen MR) is 126 cm³/mol. The highest BCUT2D eigenvalue weighted by atomic mass is 32.2. The van der Waals surface area contributed by atoms with Crippen molar-refractivity contribution >= 4 is 27.5 Å². The molecule has 35 heavy (non-hydrogen) atoms. The number of ether oxygens (including phenoxy) is 2. The summed E-state index contributed by atoms with van der Waals surface area (Å²) in [5, 5.41) is 0. The first-order valence-corrected chi connectivity index (χ1v) is 12.2. The van der Waals surface area contributed by atoms with Crippen LogP contribution >= 0.6 is 0 Å². The standard InChI is InChI=1S/C25H23FN2O6S/c1-33-23-11-10-21(14-22(23)28-24(29)12-13-25(28)30)35(31,32)27-15-17-4-8-20(9-5-17)34-16-18-2-6-19(26)7-3-18/h2-11,14,27H,12-13,15-16H2,1H3. The van der Waals surface area contributed by atoms with Gasteiger partial charge in [0.05, 0.1) is 17.7 Å². The maximum absolute atomic E-state index is 13.0. The van der Waals surface area contributed by atoms with E-state index in [1.165, 1.54) is 37.4 Å². The fourth-order valence-electron chi connectivity index (χ4n) is 3.57. The van der Waals surface area contributed by atoms with Crippen LogP contribution in [0.1, 0.15) is 24.0 Å². The minimum Gasteiger partial charge on any atom is -0.495 e. The largest absolute Gasteiger partial charge is 0.495 e. The molecule has 3 aromatic rings. The monoisotopic (exact) mass is 498 g/mol. The first-order valence-electron chi connectivity index (χ1n) is 10.8. The molecule has 1 heterocycles. The lowest BCUT2D eigenvalue weighted by molar-refractivity contribution is -0.121. The Morgan fingerprint density at radius 2 is 1.54 bits per heavy atom. The van der Waals surface area contributed by atoms with E-state index in [-0.39, 0.29) is 48.1 Å². The highest BCUT2D eigenvalue weighted by Gasteiger charge is 2.33. The second-order valence-electron chi connectivity index (χ2n) is 7.84. The van der Waals surface area contributed by atoms with E-state index in [1.807, 2.05) is 0 Å². The van der Waals surface area contributed by atoms with Gasteiger partial charge in [-0.05, 0) is 53.6 Å². The van der Waals surface area contributed by atoms with Crippen LogP contribution in [0.4, 0.5) is 10.1 Å². The number of hydrogen-bond donors (Lipinski definition) is 1. The van der Waals surface area contributed by atoms with E-state index < -0.39 is 21.8 Å². The van der Waals surface area contributed by atoms with Gasteiger partial charge < -0.3 is 9.47 Å². The van der Waals surface area contributed by atoms with E-state index in [9.17, 15) is 22.4 Å². The molecule has 182 valence electrons. The molecular weight excluding hydrogens is 475 g/mol. The Bertz CT molecular complexity index is 1330. The van der Waals surface area contributed by atoms with E-state index in [1.54, 1.807) is 36.4 Å². The van der Waals surface area contributed by atoms with Gasteiger partial charge in [-0.25, -0.2) is 22.4 Å². The van der Waals surface area contributed by atoms with Crippen molar-refractivity contribution in [2.45, 2.75) is 30.9 Å². The third-order valence-electron chi connectivity index (χ3n) is 5.46. The molecule has 1 fully saturated rings.